The number of hydrogen-bond acceptors (Lipinski definition) is 4. The standard InChI is InChI=1S/C11H14FN5/c12-10-3-1-2-9(8-10)4-5-11-14-16-17(15-11)7-6-13/h1-3,8H,4-7,13H2. The molecule has 0 aliphatic rings. The first-order valence-electron chi connectivity index (χ1n) is 5.49. The van der Waals surface area contributed by atoms with Crippen LogP contribution in [0.25, 0.3) is 0 Å². The quantitative estimate of drug-likeness (QED) is 0.822. The molecule has 0 amide bonds. The predicted molar refractivity (Wildman–Crippen MR) is 60.7 cm³/mol. The number of nitrogens with two attached hydrogens (primary N) is 1. The Morgan fingerprint density at radius 3 is 2.94 bits per heavy atom. The van der Waals surface area contributed by atoms with Crippen molar-refractivity contribution in [2.24, 2.45) is 5.73 Å². The van der Waals surface area contributed by atoms with Crippen LogP contribution in [-0.2, 0) is 19.4 Å². The van der Waals surface area contributed by atoms with Crippen molar-refractivity contribution in [1.29, 1.82) is 0 Å². The molecule has 0 spiro atoms. The van der Waals surface area contributed by atoms with Crippen LogP contribution in [-0.4, -0.2) is 26.8 Å². The highest BCUT2D eigenvalue weighted by atomic mass is 19.1. The highest BCUT2D eigenvalue weighted by molar-refractivity contribution is 5.16. The average molecular weight is 235 g/mol. The molecule has 1 heterocycles. The van der Waals surface area contributed by atoms with E-state index < -0.39 is 0 Å². The summed E-state index contributed by atoms with van der Waals surface area (Å²) in [6.45, 7) is 1.05. The Hall–Kier alpha value is -1.82. The maximum absolute atomic E-state index is 12.9. The molecule has 0 bridgehead atoms. The molecule has 0 aliphatic carbocycles. The van der Waals surface area contributed by atoms with Gasteiger partial charge in [-0.15, -0.1) is 10.2 Å². The molecular weight excluding hydrogens is 221 g/mol. The Morgan fingerprint density at radius 2 is 2.18 bits per heavy atom. The van der Waals surface area contributed by atoms with Gasteiger partial charge in [-0.2, -0.15) is 4.80 Å². The lowest BCUT2D eigenvalue weighted by Crippen LogP contribution is -2.12. The van der Waals surface area contributed by atoms with Gasteiger partial charge in [0.25, 0.3) is 0 Å². The molecule has 17 heavy (non-hydrogen) atoms. The van der Waals surface area contributed by atoms with Gasteiger partial charge < -0.3 is 5.73 Å². The summed E-state index contributed by atoms with van der Waals surface area (Å²) in [5.74, 6) is 0.435. The predicted octanol–water partition coefficient (Wildman–Crippen LogP) is 0.556. The van der Waals surface area contributed by atoms with Crippen molar-refractivity contribution in [3.63, 3.8) is 0 Å². The van der Waals surface area contributed by atoms with Gasteiger partial charge in [-0.3, -0.25) is 0 Å². The van der Waals surface area contributed by atoms with Crippen LogP contribution in [0, 0.1) is 5.82 Å². The average Bonchev–Trinajstić information content (AvgIpc) is 2.75. The van der Waals surface area contributed by atoms with Gasteiger partial charge in [-0.25, -0.2) is 4.39 Å². The summed E-state index contributed by atoms with van der Waals surface area (Å²) in [7, 11) is 0. The molecule has 2 aromatic rings. The summed E-state index contributed by atoms with van der Waals surface area (Å²) in [6, 6.07) is 6.53. The molecule has 0 aliphatic heterocycles. The number of benzene rings is 1. The summed E-state index contributed by atoms with van der Waals surface area (Å²) in [5.41, 5.74) is 6.31. The van der Waals surface area contributed by atoms with E-state index in [1.807, 2.05) is 6.07 Å². The third-order valence-corrected chi connectivity index (χ3v) is 2.35. The molecule has 0 saturated heterocycles. The molecule has 0 unspecified atom stereocenters. The van der Waals surface area contributed by atoms with Gasteiger partial charge in [0.2, 0.25) is 0 Å². The molecule has 2 rings (SSSR count). The van der Waals surface area contributed by atoms with Gasteiger partial charge >= 0.3 is 0 Å². The second-order valence-electron chi connectivity index (χ2n) is 3.72. The highest BCUT2D eigenvalue weighted by Gasteiger charge is 2.03. The van der Waals surface area contributed by atoms with Crippen LogP contribution in [0.3, 0.4) is 0 Å². The van der Waals surface area contributed by atoms with E-state index in [4.69, 9.17) is 5.73 Å². The van der Waals surface area contributed by atoms with Crippen LogP contribution in [0.15, 0.2) is 24.3 Å². The van der Waals surface area contributed by atoms with Crippen molar-refractivity contribution in [2.75, 3.05) is 6.54 Å². The molecule has 0 radical (unpaired) electrons. The molecule has 5 nitrogen and oxygen atoms in total. The molecule has 0 saturated carbocycles. The van der Waals surface area contributed by atoms with E-state index in [-0.39, 0.29) is 5.82 Å². The largest absolute Gasteiger partial charge is 0.329 e. The van der Waals surface area contributed by atoms with Crippen molar-refractivity contribution < 1.29 is 4.39 Å². The van der Waals surface area contributed by atoms with E-state index in [1.165, 1.54) is 16.9 Å². The van der Waals surface area contributed by atoms with Gasteiger partial charge in [0, 0.05) is 13.0 Å². The van der Waals surface area contributed by atoms with Crippen LogP contribution in [0.1, 0.15) is 11.4 Å². The molecule has 0 atom stereocenters. The Bertz CT molecular complexity index is 482. The van der Waals surface area contributed by atoms with Gasteiger partial charge in [-0.1, -0.05) is 12.1 Å². The first kappa shape index (κ1) is 11.7. The molecule has 1 aromatic heterocycles. The molecule has 6 heteroatoms. The summed E-state index contributed by atoms with van der Waals surface area (Å²) in [4.78, 5) is 1.47. The number of aryl methyl sites for hydroxylation is 2. The van der Waals surface area contributed by atoms with Gasteiger partial charge in [-0.05, 0) is 29.3 Å². The molecule has 2 N–H and O–H groups in total. The number of aromatic nitrogens is 4. The molecule has 1 aromatic carbocycles. The van der Waals surface area contributed by atoms with Crippen molar-refractivity contribution in [2.45, 2.75) is 19.4 Å². The smallest absolute Gasteiger partial charge is 0.175 e. The number of nitrogens with zero attached hydrogens (tertiary/aromatic N) is 4. The summed E-state index contributed by atoms with van der Waals surface area (Å²) < 4.78 is 12.9. The SMILES string of the molecule is NCCn1nnc(CCc2cccc(F)c2)n1. The number of tetrazole rings is 1. The Labute approximate surface area is 98.4 Å². The number of rotatable bonds is 5. The molecular formula is C11H14FN5. The Kier molecular flexibility index (Phi) is 3.77. The zero-order chi connectivity index (χ0) is 12.1. The van der Waals surface area contributed by atoms with Crippen LogP contribution >= 0.6 is 0 Å². The summed E-state index contributed by atoms with van der Waals surface area (Å²) in [6.07, 6.45) is 1.35. The first-order chi connectivity index (χ1) is 8.28. The Balaban J connectivity index is 1.93. The van der Waals surface area contributed by atoms with Crippen molar-refractivity contribution in [3.8, 4) is 0 Å². The van der Waals surface area contributed by atoms with Crippen molar-refractivity contribution in [1.82, 2.24) is 20.2 Å². The maximum atomic E-state index is 12.9. The first-order valence-corrected chi connectivity index (χ1v) is 5.49. The number of hydrogen-bond donors (Lipinski definition) is 1. The zero-order valence-electron chi connectivity index (χ0n) is 9.38. The van der Waals surface area contributed by atoms with Crippen molar-refractivity contribution >= 4 is 0 Å². The van der Waals surface area contributed by atoms with Crippen LogP contribution in [0.5, 0.6) is 0 Å². The lowest BCUT2D eigenvalue weighted by atomic mass is 10.1. The third-order valence-electron chi connectivity index (χ3n) is 2.35. The highest BCUT2D eigenvalue weighted by Crippen LogP contribution is 2.06. The third kappa shape index (κ3) is 3.32. The molecule has 0 fully saturated rings. The lowest BCUT2D eigenvalue weighted by molar-refractivity contribution is 0.528. The fourth-order valence-electron chi connectivity index (χ4n) is 1.54. The van der Waals surface area contributed by atoms with Crippen LogP contribution in [0.4, 0.5) is 4.39 Å². The minimum atomic E-state index is -0.220. The topological polar surface area (TPSA) is 69.6 Å². The Morgan fingerprint density at radius 1 is 1.29 bits per heavy atom. The van der Waals surface area contributed by atoms with E-state index in [0.717, 1.165) is 5.56 Å². The second-order valence-corrected chi connectivity index (χ2v) is 3.72. The van der Waals surface area contributed by atoms with E-state index in [2.05, 4.69) is 15.4 Å². The van der Waals surface area contributed by atoms with E-state index in [1.54, 1.807) is 6.07 Å². The zero-order valence-corrected chi connectivity index (χ0v) is 9.38. The normalized spacial score (nSPS) is 10.7. The van der Waals surface area contributed by atoms with Gasteiger partial charge in [0.1, 0.15) is 5.82 Å². The van der Waals surface area contributed by atoms with E-state index in [9.17, 15) is 4.39 Å². The minimum absolute atomic E-state index is 0.220. The summed E-state index contributed by atoms with van der Waals surface area (Å²) in [5, 5.41) is 11.9. The van der Waals surface area contributed by atoms with Gasteiger partial charge in [0.05, 0.1) is 6.54 Å². The fourth-order valence-corrected chi connectivity index (χ4v) is 1.54. The number of halogens is 1. The van der Waals surface area contributed by atoms with Crippen LogP contribution in [0.2, 0.25) is 0 Å². The fraction of sp³-hybridized carbons (Fsp3) is 0.364. The summed E-state index contributed by atoms with van der Waals surface area (Å²) >= 11 is 0. The second kappa shape index (κ2) is 5.49. The maximum Gasteiger partial charge on any atom is 0.175 e. The van der Waals surface area contributed by atoms with Crippen LogP contribution < -0.4 is 5.73 Å². The monoisotopic (exact) mass is 235 g/mol. The van der Waals surface area contributed by atoms with Crippen molar-refractivity contribution in [3.05, 3.63) is 41.5 Å². The van der Waals surface area contributed by atoms with E-state index in [0.29, 0.717) is 31.8 Å². The lowest BCUT2D eigenvalue weighted by Gasteiger charge is -1.98. The minimum Gasteiger partial charge on any atom is -0.329 e. The van der Waals surface area contributed by atoms with E-state index >= 15 is 0 Å². The molecule has 90 valence electrons. The van der Waals surface area contributed by atoms with Gasteiger partial charge in [0.15, 0.2) is 5.82 Å².